The summed E-state index contributed by atoms with van der Waals surface area (Å²) in [6.45, 7) is 5.35. The smallest absolute Gasteiger partial charge is 0.223 e. The molecular weight excluding hydrogens is 212 g/mol. The molecule has 2 rings (SSSR count). The maximum Gasteiger partial charge on any atom is 0.223 e. The van der Waals surface area contributed by atoms with E-state index >= 15 is 0 Å². The van der Waals surface area contributed by atoms with Gasteiger partial charge in [-0.25, -0.2) is 0 Å². The second-order valence-electron chi connectivity index (χ2n) is 5.59. The number of rotatable bonds is 6. The zero-order valence-electron chi connectivity index (χ0n) is 11.1. The van der Waals surface area contributed by atoms with Crippen LogP contribution in [0, 0.1) is 5.92 Å². The SMILES string of the molecule is CCCCN(C(=O)CC1CCCNC1)C1CC1. The zero-order chi connectivity index (χ0) is 12.1. The summed E-state index contributed by atoms with van der Waals surface area (Å²) in [7, 11) is 0. The molecule has 0 spiro atoms. The summed E-state index contributed by atoms with van der Waals surface area (Å²) in [5.74, 6) is 0.994. The molecule has 1 atom stereocenters. The topological polar surface area (TPSA) is 32.3 Å². The van der Waals surface area contributed by atoms with E-state index in [0.717, 1.165) is 32.5 Å². The van der Waals surface area contributed by atoms with Crippen molar-refractivity contribution in [1.82, 2.24) is 10.2 Å². The Labute approximate surface area is 105 Å². The lowest BCUT2D eigenvalue weighted by Gasteiger charge is -2.27. The fourth-order valence-electron chi connectivity index (χ4n) is 2.69. The summed E-state index contributed by atoms with van der Waals surface area (Å²) < 4.78 is 0. The highest BCUT2D eigenvalue weighted by atomic mass is 16.2. The van der Waals surface area contributed by atoms with E-state index in [1.807, 2.05) is 0 Å². The van der Waals surface area contributed by atoms with E-state index in [2.05, 4.69) is 17.1 Å². The van der Waals surface area contributed by atoms with Crippen molar-refractivity contribution < 1.29 is 4.79 Å². The molecule has 1 heterocycles. The Bertz CT molecular complexity index is 245. The van der Waals surface area contributed by atoms with Gasteiger partial charge >= 0.3 is 0 Å². The van der Waals surface area contributed by atoms with Gasteiger partial charge in [0.15, 0.2) is 0 Å². The molecule has 1 aliphatic carbocycles. The van der Waals surface area contributed by atoms with Crippen LogP contribution in [0.2, 0.25) is 0 Å². The second-order valence-corrected chi connectivity index (χ2v) is 5.59. The average molecular weight is 238 g/mol. The van der Waals surface area contributed by atoms with Gasteiger partial charge in [-0.15, -0.1) is 0 Å². The van der Waals surface area contributed by atoms with E-state index in [-0.39, 0.29) is 0 Å². The first-order chi connectivity index (χ1) is 8.31. The zero-order valence-corrected chi connectivity index (χ0v) is 11.1. The minimum absolute atomic E-state index is 0.412. The minimum atomic E-state index is 0.412. The lowest BCUT2D eigenvalue weighted by molar-refractivity contribution is -0.133. The minimum Gasteiger partial charge on any atom is -0.340 e. The Morgan fingerprint density at radius 3 is 2.76 bits per heavy atom. The predicted octanol–water partition coefficient (Wildman–Crippen LogP) is 2.17. The number of carbonyl (C=O) groups is 1. The molecular formula is C14H26N2O. The molecule has 0 aromatic carbocycles. The molecule has 17 heavy (non-hydrogen) atoms. The highest BCUT2D eigenvalue weighted by molar-refractivity contribution is 5.77. The standard InChI is InChI=1S/C14H26N2O/c1-2-3-9-16(13-6-7-13)14(17)10-12-5-4-8-15-11-12/h12-13,15H,2-11H2,1H3. The van der Waals surface area contributed by atoms with Gasteiger partial charge in [0.2, 0.25) is 5.91 Å². The van der Waals surface area contributed by atoms with Gasteiger partial charge in [0, 0.05) is 19.0 Å². The van der Waals surface area contributed by atoms with Crippen LogP contribution in [0.4, 0.5) is 0 Å². The van der Waals surface area contributed by atoms with Gasteiger partial charge in [0.05, 0.1) is 0 Å². The maximum absolute atomic E-state index is 12.3. The van der Waals surface area contributed by atoms with Crippen molar-refractivity contribution in [2.75, 3.05) is 19.6 Å². The van der Waals surface area contributed by atoms with E-state index < -0.39 is 0 Å². The van der Waals surface area contributed by atoms with Gasteiger partial charge < -0.3 is 10.2 Å². The Morgan fingerprint density at radius 1 is 1.35 bits per heavy atom. The number of amides is 1. The molecule has 1 saturated heterocycles. The summed E-state index contributed by atoms with van der Waals surface area (Å²) in [5, 5.41) is 3.40. The number of hydrogen-bond acceptors (Lipinski definition) is 2. The fourth-order valence-corrected chi connectivity index (χ4v) is 2.69. The molecule has 1 amide bonds. The quantitative estimate of drug-likeness (QED) is 0.769. The number of nitrogens with zero attached hydrogens (tertiary/aromatic N) is 1. The molecule has 3 heteroatoms. The van der Waals surface area contributed by atoms with Gasteiger partial charge in [-0.3, -0.25) is 4.79 Å². The summed E-state index contributed by atoms with van der Waals surface area (Å²) in [6.07, 6.45) is 8.04. The fraction of sp³-hybridized carbons (Fsp3) is 0.929. The van der Waals surface area contributed by atoms with Gasteiger partial charge in [-0.05, 0) is 51.1 Å². The molecule has 2 aliphatic rings. The van der Waals surface area contributed by atoms with E-state index in [9.17, 15) is 4.79 Å². The first-order valence-electron chi connectivity index (χ1n) is 7.31. The Morgan fingerprint density at radius 2 is 2.18 bits per heavy atom. The Hall–Kier alpha value is -0.570. The third-order valence-electron chi connectivity index (χ3n) is 3.92. The molecule has 0 radical (unpaired) electrons. The summed E-state index contributed by atoms with van der Waals surface area (Å²) in [6, 6.07) is 0.589. The van der Waals surface area contributed by atoms with Gasteiger partial charge in [-0.2, -0.15) is 0 Å². The van der Waals surface area contributed by atoms with Crippen LogP contribution in [-0.4, -0.2) is 36.5 Å². The van der Waals surface area contributed by atoms with Crippen molar-refractivity contribution in [3.8, 4) is 0 Å². The van der Waals surface area contributed by atoms with Crippen LogP contribution in [0.5, 0.6) is 0 Å². The van der Waals surface area contributed by atoms with E-state index in [1.54, 1.807) is 0 Å². The van der Waals surface area contributed by atoms with Crippen molar-refractivity contribution in [1.29, 1.82) is 0 Å². The third-order valence-corrected chi connectivity index (χ3v) is 3.92. The van der Waals surface area contributed by atoms with Crippen LogP contribution < -0.4 is 5.32 Å². The molecule has 1 N–H and O–H groups in total. The highest BCUT2D eigenvalue weighted by Crippen LogP contribution is 2.29. The van der Waals surface area contributed by atoms with E-state index in [0.29, 0.717) is 17.9 Å². The van der Waals surface area contributed by atoms with Gasteiger partial charge in [-0.1, -0.05) is 13.3 Å². The lowest BCUT2D eigenvalue weighted by atomic mass is 9.95. The molecule has 3 nitrogen and oxygen atoms in total. The first kappa shape index (κ1) is 12.9. The van der Waals surface area contributed by atoms with Crippen molar-refractivity contribution in [2.45, 2.75) is 57.9 Å². The molecule has 98 valence electrons. The number of carbonyl (C=O) groups excluding carboxylic acids is 1. The van der Waals surface area contributed by atoms with E-state index in [4.69, 9.17) is 0 Å². The molecule has 2 fully saturated rings. The summed E-state index contributed by atoms with van der Waals surface area (Å²) in [5.41, 5.74) is 0. The van der Waals surface area contributed by atoms with Crippen LogP contribution in [0.1, 0.15) is 51.9 Å². The second kappa shape index (κ2) is 6.39. The van der Waals surface area contributed by atoms with Gasteiger partial charge in [0.25, 0.3) is 0 Å². The maximum atomic E-state index is 12.3. The first-order valence-corrected chi connectivity index (χ1v) is 7.31. The third kappa shape index (κ3) is 3.98. The normalized spacial score (nSPS) is 24.6. The molecule has 0 bridgehead atoms. The number of hydrogen-bond donors (Lipinski definition) is 1. The van der Waals surface area contributed by atoms with Crippen LogP contribution in [0.15, 0.2) is 0 Å². The Kier molecular flexibility index (Phi) is 4.84. The largest absolute Gasteiger partial charge is 0.340 e. The van der Waals surface area contributed by atoms with Crippen LogP contribution >= 0.6 is 0 Å². The van der Waals surface area contributed by atoms with Crippen molar-refractivity contribution in [3.05, 3.63) is 0 Å². The lowest BCUT2D eigenvalue weighted by Crippen LogP contribution is -2.38. The Balaban J connectivity index is 1.78. The van der Waals surface area contributed by atoms with Crippen molar-refractivity contribution >= 4 is 5.91 Å². The predicted molar refractivity (Wildman–Crippen MR) is 69.9 cm³/mol. The van der Waals surface area contributed by atoms with Crippen molar-refractivity contribution in [3.63, 3.8) is 0 Å². The molecule has 1 saturated carbocycles. The van der Waals surface area contributed by atoms with Crippen molar-refractivity contribution in [2.24, 2.45) is 5.92 Å². The molecule has 0 aromatic rings. The van der Waals surface area contributed by atoms with E-state index in [1.165, 1.54) is 32.1 Å². The van der Waals surface area contributed by atoms with Crippen LogP contribution in [0.25, 0.3) is 0 Å². The molecule has 0 aromatic heterocycles. The number of piperidine rings is 1. The monoisotopic (exact) mass is 238 g/mol. The highest BCUT2D eigenvalue weighted by Gasteiger charge is 2.32. The van der Waals surface area contributed by atoms with Gasteiger partial charge in [0.1, 0.15) is 0 Å². The molecule has 1 unspecified atom stereocenters. The average Bonchev–Trinajstić information content (AvgIpc) is 3.15. The molecule has 1 aliphatic heterocycles. The number of nitrogens with one attached hydrogen (secondary N) is 1. The van der Waals surface area contributed by atoms with Crippen LogP contribution in [0.3, 0.4) is 0 Å². The summed E-state index contributed by atoms with van der Waals surface area (Å²) >= 11 is 0. The van der Waals surface area contributed by atoms with Crippen LogP contribution in [-0.2, 0) is 4.79 Å². The number of unbranched alkanes of at least 4 members (excludes halogenated alkanes) is 1. The summed E-state index contributed by atoms with van der Waals surface area (Å²) in [4.78, 5) is 14.5.